The van der Waals surface area contributed by atoms with Crippen molar-refractivity contribution >= 4 is 33.2 Å². The highest BCUT2D eigenvalue weighted by Crippen LogP contribution is 2.30. The number of benzene rings is 1. The maximum Gasteiger partial charge on any atom is 0.416 e. The van der Waals surface area contributed by atoms with Crippen LogP contribution in [0.2, 0.25) is 0 Å². The molecule has 0 unspecified atom stereocenters. The molecule has 8 heteroatoms. The van der Waals surface area contributed by atoms with Crippen LogP contribution < -0.4 is 0 Å². The molecule has 1 heterocycles. The van der Waals surface area contributed by atoms with Crippen LogP contribution >= 0.6 is 27.3 Å². The van der Waals surface area contributed by atoms with Gasteiger partial charge in [0.2, 0.25) is 0 Å². The summed E-state index contributed by atoms with van der Waals surface area (Å²) in [5, 5.41) is 0. The van der Waals surface area contributed by atoms with E-state index < -0.39 is 11.7 Å². The number of carbonyl (C=O) groups excluding carboxylic acids is 1. The third kappa shape index (κ3) is 5.83. The van der Waals surface area contributed by atoms with Crippen molar-refractivity contribution in [1.82, 2.24) is 9.80 Å². The summed E-state index contributed by atoms with van der Waals surface area (Å²) in [6.45, 7) is 1.18. The fraction of sp³-hybridized carbons (Fsp3) is 0.353. The van der Waals surface area contributed by atoms with Crippen LogP contribution in [0.5, 0.6) is 0 Å². The molecule has 25 heavy (non-hydrogen) atoms. The molecule has 0 spiro atoms. The Hall–Kier alpha value is -1.38. The largest absolute Gasteiger partial charge is 0.416 e. The summed E-state index contributed by atoms with van der Waals surface area (Å²) in [5.74, 6) is -0.185. The van der Waals surface area contributed by atoms with Gasteiger partial charge in [-0.05, 0) is 59.9 Å². The Kier molecular flexibility index (Phi) is 6.65. The molecule has 2 rings (SSSR count). The Morgan fingerprint density at radius 3 is 2.44 bits per heavy atom. The minimum Gasteiger partial charge on any atom is -0.332 e. The number of rotatable bonds is 6. The molecule has 2 aromatic rings. The fourth-order valence-corrected chi connectivity index (χ4v) is 3.58. The van der Waals surface area contributed by atoms with E-state index in [2.05, 4.69) is 15.9 Å². The van der Waals surface area contributed by atoms with Crippen LogP contribution in [-0.4, -0.2) is 42.9 Å². The SMILES string of the molecule is CN(C)CCN(Cc1cccc(C(F)(F)F)c1)C(=O)c1ccc(Br)s1. The molecule has 0 aliphatic carbocycles. The molecule has 1 amide bonds. The summed E-state index contributed by atoms with van der Waals surface area (Å²) in [7, 11) is 3.77. The first kappa shape index (κ1) is 19.9. The molecule has 0 saturated heterocycles. The average molecular weight is 435 g/mol. The second-order valence-corrected chi connectivity index (χ2v) is 8.29. The Balaban J connectivity index is 2.22. The van der Waals surface area contributed by atoms with E-state index in [1.54, 1.807) is 23.1 Å². The number of alkyl halides is 3. The molecule has 0 bridgehead atoms. The molecule has 0 aliphatic heterocycles. The topological polar surface area (TPSA) is 23.6 Å². The predicted octanol–water partition coefficient (Wildman–Crippen LogP) is 4.73. The van der Waals surface area contributed by atoms with Crippen LogP contribution in [0.25, 0.3) is 0 Å². The van der Waals surface area contributed by atoms with E-state index in [9.17, 15) is 18.0 Å². The first-order valence-electron chi connectivity index (χ1n) is 7.52. The summed E-state index contributed by atoms with van der Waals surface area (Å²) < 4.78 is 39.5. The van der Waals surface area contributed by atoms with Crippen LogP contribution in [0.3, 0.4) is 0 Å². The number of thiophene rings is 1. The normalized spacial score (nSPS) is 11.8. The van der Waals surface area contributed by atoms with E-state index in [1.807, 2.05) is 19.0 Å². The summed E-state index contributed by atoms with van der Waals surface area (Å²) in [5.41, 5.74) is -0.249. The highest BCUT2D eigenvalue weighted by Gasteiger charge is 2.30. The predicted molar refractivity (Wildman–Crippen MR) is 96.8 cm³/mol. The van der Waals surface area contributed by atoms with E-state index in [0.717, 1.165) is 15.9 Å². The second-order valence-electron chi connectivity index (χ2n) is 5.83. The van der Waals surface area contributed by atoms with Crippen molar-refractivity contribution in [3.63, 3.8) is 0 Å². The number of hydrogen-bond donors (Lipinski definition) is 0. The van der Waals surface area contributed by atoms with Crippen LogP contribution in [0.15, 0.2) is 40.2 Å². The molecule has 0 saturated carbocycles. The third-order valence-corrected chi connectivity index (χ3v) is 5.13. The molecule has 0 aliphatic rings. The van der Waals surface area contributed by atoms with Gasteiger partial charge in [0, 0.05) is 19.6 Å². The molecule has 0 N–H and O–H groups in total. The molecule has 0 fully saturated rings. The van der Waals surface area contributed by atoms with Gasteiger partial charge in [-0.15, -0.1) is 11.3 Å². The summed E-state index contributed by atoms with van der Waals surface area (Å²) in [6, 6.07) is 8.61. The van der Waals surface area contributed by atoms with E-state index in [4.69, 9.17) is 0 Å². The van der Waals surface area contributed by atoms with Crippen molar-refractivity contribution < 1.29 is 18.0 Å². The standard InChI is InChI=1S/C17H18BrF3N2OS/c1-22(2)8-9-23(16(24)14-6-7-15(18)25-14)11-12-4-3-5-13(10-12)17(19,20)21/h3-7,10H,8-9,11H2,1-2H3. The number of carbonyl (C=O) groups is 1. The molecule has 136 valence electrons. The van der Waals surface area contributed by atoms with Crippen molar-refractivity contribution in [3.05, 3.63) is 56.2 Å². The summed E-state index contributed by atoms with van der Waals surface area (Å²) in [4.78, 5) is 16.8. The first-order valence-corrected chi connectivity index (χ1v) is 9.13. The van der Waals surface area contributed by atoms with Crippen molar-refractivity contribution in [1.29, 1.82) is 0 Å². The highest BCUT2D eigenvalue weighted by atomic mass is 79.9. The van der Waals surface area contributed by atoms with Gasteiger partial charge in [-0.25, -0.2) is 0 Å². The second kappa shape index (κ2) is 8.33. The van der Waals surface area contributed by atoms with Crippen LogP contribution in [0.1, 0.15) is 20.8 Å². The van der Waals surface area contributed by atoms with Crippen molar-refractivity contribution in [2.75, 3.05) is 27.2 Å². The van der Waals surface area contributed by atoms with Crippen molar-refractivity contribution in [3.8, 4) is 0 Å². The smallest absolute Gasteiger partial charge is 0.332 e. The molecule has 3 nitrogen and oxygen atoms in total. The lowest BCUT2D eigenvalue weighted by atomic mass is 10.1. The molecule has 0 atom stereocenters. The summed E-state index contributed by atoms with van der Waals surface area (Å²) in [6.07, 6.45) is -4.40. The van der Waals surface area contributed by atoms with Gasteiger partial charge in [-0.2, -0.15) is 13.2 Å². The van der Waals surface area contributed by atoms with Gasteiger partial charge in [0.25, 0.3) is 5.91 Å². The quantitative estimate of drug-likeness (QED) is 0.655. The van der Waals surface area contributed by atoms with Gasteiger partial charge in [-0.3, -0.25) is 4.79 Å². The van der Waals surface area contributed by atoms with Gasteiger partial charge in [0.1, 0.15) is 0 Å². The zero-order valence-corrected chi connectivity index (χ0v) is 16.2. The molecular formula is C17H18BrF3N2OS. The average Bonchev–Trinajstić information content (AvgIpc) is 2.96. The first-order chi connectivity index (χ1) is 11.7. The van der Waals surface area contributed by atoms with E-state index in [1.165, 1.54) is 17.4 Å². The van der Waals surface area contributed by atoms with Crippen LogP contribution in [0, 0.1) is 0 Å². The lowest BCUT2D eigenvalue weighted by molar-refractivity contribution is -0.137. The molecular weight excluding hydrogens is 417 g/mol. The van der Waals surface area contributed by atoms with Gasteiger partial charge in [0.15, 0.2) is 0 Å². The van der Waals surface area contributed by atoms with Gasteiger partial charge in [-0.1, -0.05) is 12.1 Å². The van der Waals surface area contributed by atoms with Gasteiger partial charge in [0.05, 0.1) is 14.2 Å². The Morgan fingerprint density at radius 1 is 1.16 bits per heavy atom. The van der Waals surface area contributed by atoms with Gasteiger partial charge < -0.3 is 9.80 Å². The number of amides is 1. The Morgan fingerprint density at radius 2 is 1.88 bits per heavy atom. The van der Waals surface area contributed by atoms with Crippen LogP contribution in [0.4, 0.5) is 13.2 Å². The van der Waals surface area contributed by atoms with Crippen LogP contribution in [-0.2, 0) is 12.7 Å². The Labute approximate surface area is 157 Å². The minimum absolute atomic E-state index is 0.131. The van der Waals surface area contributed by atoms with E-state index in [-0.39, 0.29) is 12.5 Å². The van der Waals surface area contributed by atoms with Gasteiger partial charge >= 0.3 is 6.18 Å². The lowest BCUT2D eigenvalue weighted by Crippen LogP contribution is -2.36. The van der Waals surface area contributed by atoms with E-state index in [0.29, 0.717) is 23.5 Å². The zero-order valence-electron chi connectivity index (χ0n) is 13.8. The number of halogens is 4. The maximum atomic E-state index is 12.9. The maximum absolute atomic E-state index is 12.9. The third-order valence-electron chi connectivity index (χ3n) is 3.52. The minimum atomic E-state index is -4.40. The monoisotopic (exact) mass is 434 g/mol. The molecule has 1 aromatic carbocycles. The Bertz CT molecular complexity index is 731. The zero-order chi connectivity index (χ0) is 18.6. The molecule has 1 aromatic heterocycles. The number of likely N-dealkylation sites (N-methyl/N-ethyl adjacent to an activating group) is 1. The summed E-state index contributed by atoms with van der Waals surface area (Å²) >= 11 is 4.63. The lowest BCUT2D eigenvalue weighted by Gasteiger charge is -2.24. The number of nitrogens with zero attached hydrogens (tertiary/aromatic N) is 2. The number of hydrogen-bond acceptors (Lipinski definition) is 3. The highest BCUT2D eigenvalue weighted by molar-refractivity contribution is 9.11. The molecule has 0 radical (unpaired) electrons. The van der Waals surface area contributed by atoms with E-state index >= 15 is 0 Å². The van der Waals surface area contributed by atoms with Crippen molar-refractivity contribution in [2.24, 2.45) is 0 Å². The fourth-order valence-electron chi connectivity index (χ4n) is 2.22. The van der Waals surface area contributed by atoms with Crippen molar-refractivity contribution in [2.45, 2.75) is 12.7 Å².